The molecular weight excluding hydrogens is 348 g/mol. The smallest absolute Gasteiger partial charge is 0.153 e. The van der Waals surface area contributed by atoms with Crippen molar-refractivity contribution in [2.24, 2.45) is 0 Å². The molecule has 0 heterocycles. The zero-order chi connectivity index (χ0) is 18.1. The van der Waals surface area contributed by atoms with Gasteiger partial charge in [0.05, 0.1) is 10.6 Å². The number of halogens is 1. The number of benzene rings is 3. The fourth-order valence-electron chi connectivity index (χ4n) is 3.52. The maximum Gasteiger partial charge on any atom is 0.153 e. The van der Waals surface area contributed by atoms with Crippen LogP contribution in [0.3, 0.4) is 0 Å². The van der Waals surface area contributed by atoms with Crippen LogP contribution in [-0.4, -0.2) is 11.4 Å². The molecule has 3 nitrogen and oxygen atoms in total. The Bertz CT molecular complexity index is 967. The first-order valence-electron chi connectivity index (χ1n) is 8.49. The lowest BCUT2D eigenvalue weighted by molar-refractivity contribution is 0.112. The number of carbonyl (C=O) groups excluding carboxylic acids is 1. The first kappa shape index (κ1) is 16.7. The van der Waals surface area contributed by atoms with Gasteiger partial charge in [0.25, 0.3) is 0 Å². The summed E-state index contributed by atoms with van der Waals surface area (Å²) in [4.78, 5) is 10.9. The van der Waals surface area contributed by atoms with Crippen LogP contribution in [0.1, 0.15) is 34.0 Å². The molecule has 0 fully saturated rings. The lowest BCUT2D eigenvalue weighted by Gasteiger charge is -2.17. The third-order valence-electron chi connectivity index (χ3n) is 4.78. The molecule has 1 aliphatic carbocycles. The number of rotatable bonds is 4. The molecule has 3 aromatic rings. The van der Waals surface area contributed by atoms with E-state index < -0.39 is 0 Å². The lowest BCUT2D eigenvalue weighted by atomic mass is 9.97. The van der Waals surface area contributed by atoms with Gasteiger partial charge in [-0.1, -0.05) is 60.1 Å². The van der Waals surface area contributed by atoms with E-state index in [0.717, 1.165) is 18.4 Å². The highest BCUT2D eigenvalue weighted by atomic mass is 35.5. The van der Waals surface area contributed by atoms with Gasteiger partial charge in [-0.15, -0.1) is 0 Å². The Morgan fingerprint density at radius 2 is 1.88 bits per heavy atom. The summed E-state index contributed by atoms with van der Waals surface area (Å²) < 4.78 is 6.10. The monoisotopic (exact) mass is 364 g/mol. The van der Waals surface area contributed by atoms with Crippen molar-refractivity contribution >= 4 is 17.9 Å². The minimum absolute atomic E-state index is 0.129. The van der Waals surface area contributed by atoms with Crippen LogP contribution in [0.15, 0.2) is 60.7 Å². The summed E-state index contributed by atoms with van der Waals surface area (Å²) in [5, 5.41) is 10.2. The summed E-state index contributed by atoms with van der Waals surface area (Å²) in [6, 6.07) is 19.4. The third-order valence-corrected chi connectivity index (χ3v) is 5.07. The Balaban J connectivity index is 1.67. The average Bonchev–Trinajstić information content (AvgIpc) is 3.08. The van der Waals surface area contributed by atoms with Gasteiger partial charge in [-0.2, -0.15) is 0 Å². The normalized spacial score (nSPS) is 15.5. The first-order chi connectivity index (χ1) is 12.7. The van der Waals surface area contributed by atoms with Gasteiger partial charge in [0.2, 0.25) is 0 Å². The number of carbonyl (C=O) groups is 1. The molecular formula is C22H17ClO3. The quantitative estimate of drug-likeness (QED) is 0.613. The highest BCUT2D eigenvalue weighted by Gasteiger charge is 2.27. The van der Waals surface area contributed by atoms with Crippen LogP contribution in [0.4, 0.5) is 0 Å². The van der Waals surface area contributed by atoms with Crippen LogP contribution < -0.4 is 4.74 Å². The van der Waals surface area contributed by atoms with Crippen LogP contribution in [0.25, 0.3) is 11.1 Å². The SMILES string of the molecule is O=Cc1cc(Cl)c(O[C@@H]2CCc3c(-c4ccccc4)cccc32)cc1O. The van der Waals surface area contributed by atoms with E-state index >= 15 is 0 Å². The van der Waals surface area contributed by atoms with Gasteiger partial charge in [-0.25, -0.2) is 0 Å². The molecule has 26 heavy (non-hydrogen) atoms. The Kier molecular flexibility index (Phi) is 4.39. The number of fused-ring (bicyclic) bond motifs is 1. The average molecular weight is 365 g/mol. The summed E-state index contributed by atoms with van der Waals surface area (Å²) in [5.41, 5.74) is 4.99. The molecule has 0 aliphatic heterocycles. The van der Waals surface area contributed by atoms with Gasteiger partial charge < -0.3 is 9.84 Å². The van der Waals surface area contributed by atoms with Crippen LogP contribution in [0.5, 0.6) is 11.5 Å². The highest BCUT2D eigenvalue weighted by molar-refractivity contribution is 6.32. The maximum atomic E-state index is 10.9. The van der Waals surface area contributed by atoms with Gasteiger partial charge in [0.15, 0.2) is 6.29 Å². The molecule has 130 valence electrons. The van der Waals surface area contributed by atoms with Crippen molar-refractivity contribution < 1.29 is 14.6 Å². The molecule has 0 saturated heterocycles. The van der Waals surface area contributed by atoms with Gasteiger partial charge in [0, 0.05) is 6.07 Å². The van der Waals surface area contributed by atoms with E-state index in [4.69, 9.17) is 16.3 Å². The number of phenols is 1. The fourth-order valence-corrected chi connectivity index (χ4v) is 3.74. The van der Waals surface area contributed by atoms with Crippen molar-refractivity contribution in [2.75, 3.05) is 0 Å². The van der Waals surface area contributed by atoms with Crippen molar-refractivity contribution in [2.45, 2.75) is 18.9 Å². The number of aldehydes is 1. The Hall–Kier alpha value is -2.78. The van der Waals surface area contributed by atoms with E-state index in [1.54, 1.807) is 0 Å². The van der Waals surface area contributed by atoms with E-state index in [0.29, 0.717) is 17.1 Å². The lowest BCUT2D eigenvalue weighted by Crippen LogP contribution is -2.04. The summed E-state index contributed by atoms with van der Waals surface area (Å²) in [6.07, 6.45) is 2.20. The van der Waals surface area contributed by atoms with Gasteiger partial charge >= 0.3 is 0 Å². The molecule has 0 saturated carbocycles. The zero-order valence-corrected chi connectivity index (χ0v) is 14.7. The standard InChI is InChI=1S/C22H17ClO3/c23-19-11-15(13-24)20(25)12-22(19)26-21-10-9-17-16(7-4-8-18(17)21)14-5-2-1-3-6-14/h1-8,11-13,21,25H,9-10H2/t21-/m1/s1. The van der Waals surface area contributed by atoms with E-state index in [1.807, 2.05) is 24.3 Å². The fraction of sp³-hybridized carbons (Fsp3) is 0.136. The van der Waals surface area contributed by atoms with Crippen molar-refractivity contribution in [1.82, 2.24) is 0 Å². The van der Waals surface area contributed by atoms with Gasteiger partial charge in [0.1, 0.15) is 17.6 Å². The van der Waals surface area contributed by atoms with Crippen molar-refractivity contribution in [1.29, 1.82) is 0 Å². The van der Waals surface area contributed by atoms with E-state index in [-0.39, 0.29) is 17.4 Å². The van der Waals surface area contributed by atoms with E-state index in [1.165, 1.54) is 28.8 Å². The number of ether oxygens (including phenoxy) is 1. The second kappa shape index (κ2) is 6.85. The van der Waals surface area contributed by atoms with Gasteiger partial charge in [-0.3, -0.25) is 4.79 Å². The molecule has 0 radical (unpaired) electrons. The molecule has 0 spiro atoms. The molecule has 0 unspecified atom stereocenters. The van der Waals surface area contributed by atoms with Crippen molar-refractivity contribution in [3.05, 3.63) is 82.4 Å². The predicted octanol–water partition coefficient (Wildman–Crippen LogP) is 5.59. The number of phenolic OH excluding ortho intramolecular Hbond substituents is 1. The first-order valence-corrected chi connectivity index (χ1v) is 8.86. The van der Waals surface area contributed by atoms with Crippen LogP contribution in [0, 0.1) is 0 Å². The van der Waals surface area contributed by atoms with Crippen molar-refractivity contribution in [3.63, 3.8) is 0 Å². The highest BCUT2D eigenvalue weighted by Crippen LogP contribution is 2.42. The Labute approximate surface area is 156 Å². The molecule has 4 heteroatoms. The van der Waals surface area contributed by atoms with Crippen LogP contribution >= 0.6 is 11.6 Å². The van der Waals surface area contributed by atoms with Crippen LogP contribution in [-0.2, 0) is 6.42 Å². The maximum absolute atomic E-state index is 10.9. The van der Waals surface area contributed by atoms with Crippen LogP contribution in [0.2, 0.25) is 5.02 Å². The molecule has 0 amide bonds. The Morgan fingerprint density at radius 1 is 1.08 bits per heavy atom. The van der Waals surface area contributed by atoms with E-state index in [9.17, 15) is 9.90 Å². The Morgan fingerprint density at radius 3 is 2.65 bits per heavy atom. The number of hydrogen-bond acceptors (Lipinski definition) is 3. The summed E-state index contributed by atoms with van der Waals surface area (Å²) in [7, 11) is 0. The second-order valence-electron chi connectivity index (χ2n) is 6.34. The minimum atomic E-state index is -0.132. The molecule has 3 aromatic carbocycles. The minimum Gasteiger partial charge on any atom is -0.507 e. The topological polar surface area (TPSA) is 46.5 Å². The number of hydrogen-bond donors (Lipinski definition) is 1. The largest absolute Gasteiger partial charge is 0.507 e. The molecule has 1 N–H and O–H groups in total. The molecule has 1 atom stereocenters. The molecule has 0 bridgehead atoms. The molecule has 0 aromatic heterocycles. The predicted molar refractivity (Wildman–Crippen MR) is 102 cm³/mol. The number of aromatic hydroxyl groups is 1. The second-order valence-corrected chi connectivity index (χ2v) is 6.75. The molecule has 4 rings (SSSR count). The zero-order valence-electron chi connectivity index (χ0n) is 14.0. The van der Waals surface area contributed by atoms with Gasteiger partial charge in [-0.05, 0) is 41.2 Å². The third kappa shape index (κ3) is 2.95. The summed E-state index contributed by atoms with van der Waals surface area (Å²) in [5.74, 6) is 0.258. The van der Waals surface area contributed by atoms with E-state index in [2.05, 4.69) is 24.3 Å². The van der Waals surface area contributed by atoms with Crippen molar-refractivity contribution in [3.8, 4) is 22.6 Å². The molecule has 1 aliphatic rings. The summed E-state index contributed by atoms with van der Waals surface area (Å²) >= 11 is 6.22. The summed E-state index contributed by atoms with van der Waals surface area (Å²) in [6.45, 7) is 0.